The second kappa shape index (κ2) is 4.82. The van der Waals surface area contributed by atoms with Crippen molar-refractivity contribution in [3.8, 4) is 0 Å². The molecule has 13 heavy (non-hydrogen) atoms. The van der Waals surface area contributed by atoms with Gasteiger partial charge in [0.25, 0.3) is 0 Å². The molecule has 1 amide bonds. The maximum Gasteiger partial charge on any atom is 0.227 e. The Kier molecular flexibility index (Phi) is 3.71. The van der Waals surface area contributed by atoms with Crippen molar-refractivity contribution in [1.82, 2.24) is 5.32 Å². The first kappa shape index (κ1) is 9.99. The highest BCUT2D eigenvalue weighted by Crippen LogP contribution is 2.15. The van der Waals surface area contributed by atoms with Crippen molar-refractivity contribution in [3.05, 3.63) is 24.8 Å². The van der Waals surface area contributed by atoms with E-state index in [1.807, 2.05) is 12.2 Å². The third-order valence-electron chi connectivity index (χ3n) is 2.10. The van der Waals surface area contributed by atoms with Crippen LogP contribution in [0.25, 0.3) is 0 Å². The summed E-state index contributed by atoms with van der Waals surface area (Å²) < 4.78 is 0. The number of nitrogens with one attached hydrogen (secondary N) is 1. The number of carbonyl (C=O) groups excluding carboxylic acids is 1. The number of carbonyl (C=O) groups is 1. The van der Waals surface area contributed by atoms with Gasteiger partial charge in [0.15, 0.2) is 0 Å². The first-order valence-electron chi connectivity index (χ1n) is 4.56. The Morgan fingerprint density at radius 1 is 1.69 bits per heavy atom. The second-order valence-electron chi connectivity index (χ2n) is 3.26. The van der Waals surface area contributed by atoms with Gasteiger partial charge in [-0.15, -0.1) is 6.58 Å². The van der Waals surface area contributed by atoms with Crippen molar-refractivity contribution < 1.29 is 4.79 Å². The van der Waals surface area contributed by atoms with Crippen LogP contribution in [-0.2, 0) is 4.79 Å². The fourth-order valence-corrected chi connectivity index (χ4v) is 1.35. The maximum absolute atomic E-state index is 11.4. The third-order valence-corrected chi connectivity index (χ3v) is 2.10. The van der Waals surface area contributed by atoms with E-state index in [4.69, 9.17) is 5.73 Å². The lowest BCUT2D eigenvalue weighted by molar-refractivity contribution is -0.123. The highest BCUT2D eigenvalue weighted by Gasteiger charge is 2.21. The van der Waals surface area contributed by atoms with Gasteiger partial charge in [0.05, 0.1) is 5.92 Å². The van der Waals surface area contributed by atoms with E-state index >= 15 is 0 Å². The average Bonchev–Trinajstić information content (AvgIpc) is 2.52. The zero-order chi connectivity index (χ0) is 9.68. The van der Waals surface area contributed by atoms with Crippen LogP contribution in [-0.4, -0.2) is 18.5 Å². The summed E-state index contributed by atoms with van der Waals surface area (Å²) in [6.45, 7) is 4.25. The minimum Gasteiger partial charge on any atom is -0.355 e. The Balaban J connectivity index is 2.24. The molecule has 0 aliphatic heterocycles. The molecule has 3 nitrogen and oxygen atoms in total. The predicted molar refractivity (Wildman–Crippen MR) is 53.0 cm³/mol. The topological polar surface area (TPSA) is 55.1 Å². The Bertz CT molecular complexity index is 223. The summed E-state index contributed by atoms with van der Waals surface area (Å²) in [4.78, 5) is 11.4. The SMILES string of the molecule is C=CCCNC(=O)C1C=CC(N)C1. The van der Waals surface area contributed by atoms with Crippen molar-refractivity contribution in [2.24, 2.45) is 11.7 Å². The normalized spacial score (nSPS) is 25.9. The molecule has 2 unspecified atom stereocenters. The molecule has 0 saturated carbocycles. The first-order valence-corrected chi connectivity index (χ1v) is 4.56. The molecule has 1 aliphatic carbocycles. The van der Waals surface area contributed by atoms with Crippen LogP contribution in [0.1, 0.15) is 12.8 Å². The molecule has 0 spiro atoms. The molecule has 0 aromatic carbocycles. The van der Waals surface area contributed by atoms with Gasteiger partial charge in [0.1, 0.15) is 0 Å². The molecule has 72 valence electrons. The lowest BCUT2D eigenvalue weighted by Gasteiger charge is -2.09. The first-order chi connectivity index (χ1) is 6.24. The Hall–Kier alpha value is -1.09. The van der Waals surface area contributed by atoms with Gasteiger partial charge in [-0.1, -0.05) is 18.2 Å². The molecule has 0 saturated heterocycles. The minimum absolute atomic E-state index is 0.0279. The lowest BCUT2D eigenvalue weighted by Crippen LogP contribution is -2.31. The number of hydrogen-bond donors (Lipinski definition) is 2. The average molecular weight is 180 g/mol. The van der Waals surface area contributed by atoms with Crippen molar-refractivity contribution >= 4 is 5.91 Å². The molecular weight excluding hydrogens is 164 g/mol. The van der Waals surface area contributed by atoms with Crippen LogP contribution in [0.3, 0.4) is 0 Å². The minimum atomic E-state index is -0.0279. The third kappa shape index (κ3) is 3.03. The smallest absolute Gasteiger partial charge is 0.227 e. The van der Waals surface area contributed by atoms with Crippen LogP contribution >= 0.6 is 0 Å². The molecular formula is C10H16N2O. The fraction of sp³-hybridized carbons (Fsp3) is 0.500. The van der Waals surface area contributed by atoms with Crippen molar-refractivity contribution in [2.75, 3.05) is 6.54 Å². The highest BCUT2D eigenvalue weighted by molar-refractivity contribution is 5.81. The van der Waals surface area contributed by atoms with Gasteiger partial charge in [-0.2, -0.15) is 0 Å². The van der Waals surface area contributed by atoms with Gasteiger partial charge in [-0.25, -0.2) is 0 Å². The molecule has 0 radical (unpaired) electrons. The van der Waals surface area contributed by atoms with Gasteiger partial charge < -0.3 is 11.1 Å². The van der Waals surface area contributed by atoms with Crippen LogP contribution in [0.4, 0.5) is 0 Å². The van der Waals surface area contributed by atoms with Crippen LogP contribution < -0.4 is 11.1 Å². The molecule has 3 heteroatoms. The lowest BCUT2D eigenvalue weighted by atomic mass is 10.1. The van der Waals surface area contributed by atoms with E-state index in [9.17, 15) is 4.79 Å². The zero-order valence-corrected chi connectivity index (χ0v) is 7.70. The van der Waals surface area contributed by atoms with Gasteiger partial charge >= 0.3 is 0 Å². The summed E-state index contributed by atoms with van der Waals surface area (Å²) in [6.07, 6.45) is 7.11. The molecule has 0 fully saturated rings. The summed E-state index contributed by atoms with van der Waals surface area (Å²) in [5, 5.41) is 2.83. The van der Waals surface area contributed by atoms with E-state index in [2.05, 4.69) is 11.9 Å². The van der Waals surface area contributed by atoms with Crippen molar-refractivity contribution in [3.63, 3.8) is 0 Å². The van der Waals surface area contributed by atoms with Crippen LogP contribution in [0, 0.1) is 5.92 Å². The molecule has 3 N–H and O–H groups in total. The van der Waals surface area contributed by atoms with Crippen molar-refractivity contribution in [2.45, 2.75) is 18.9 Å². The summed E-state index contributed by atoms with van der Waals surface area (Å²) in [6, 6.07) is 0.0511. The van der Waals surface area contributed by atoms with Crippen LogP contribution in [0.5, 0.6) is 0 Å². The quantitative estimate of drug-likeness (QED) is 0.491. The number of rotatable bonds is 4. The van der Waals surface area contributed by atoms with E-state index in [1.165, 1.54) is 0 Å². The van der Waals surface area contributed by atoms with Crippen LogP contribution in [0.15, 0.2) is 24.8 Å². The van der Waals surface area contributed by atoms with Gasteiger partial charge in [-0.05, 0) is 12.8 Å². The summed E-state index contributed by atoms with van der Waals surface area (Å²) in [5.41, 5.74) is 5.63. The van der Waals surface area contributed by atoms with Crippen LogP contribution in [0.2, 0.25) is 0 Å². The Morgan fingerprint density at radius 2 is 2.46 bits per heavy atom. The van der Waals surface area contributed by atoms with E-state index in [0.29, 0.717) is 6.54 Å². The molecule has 0 aromatic rings. The van der Waals surface area contributed by atoms with E-state index in [0.717, 1.165) is 12.8 Å². The molecule has 1 aliphatic rings. The summed E-state index contributed by atoms with van der Waals surface area (Å²) in [7, 11) is 0. The van der Waals surface area contributed by atoms with Gasteiger partial charge in [0.2, 0.25) is 5.91 Å². The monoisotopic (exact) mass is 180 g/mol. The highest BCUT2D eigenvalue weighted by atomic mass is 16.1. The van der Waals surface area contributed by atoms with Crippen molar-refractivity contribution in [1.29, 1.82) is 0 Å². The van der Waals surface area contributed by atoms with E-state index in [1.54, 1.807) is 6.08 Å². The second-order valence-corrected chi connectivity index (χ2v) is 3.26. The number of amides is 1. The molecule has 0 bridgehead atoms. The van der Waals surface area contributed by atoms with E-state index < -0.39 is 0 Å². The number of hydrogen-bond acceptors (Lipinski definition) is 2. The molecule has 1 rings (SSSR count). The summed E-state index contributed by atoms with van der Waals surface area (Å²) >= 11 is 0. The molecule has 0 aromatic heterocycles. The fourth-order valence-electron chi connectivity index (χ4n) is 1.35. The Labute approximate surface area is 78.7 Å². The molecule has 0 heterocycles. The standard InChI is InChI=1S/C10H16N2O/c1-2-3-6-12-10(13)8-4-5-9(11)7-8/h2,4-5,8-9H,1,3,6-7,11H2,(H,12,13). The molecule has 2 atom stereocenters. The van der Waals surface area contributed by atoms with E-state index in [-0.39, 0.29) is 17.9 Å². The predicted octanol–water partition coefficient (Wildman–Crippen LogP) is 0.582. The zero-order valence-electron chi connectivity index (χ0n) is 7.70. The Morgan fingerprint density at radius 3 is 3.00 bits per heavy atom. The number of nitrogens with two attached hydrogens (primary N) is 1. The largest absolute Gasteiger partial charge is 0.355 e. The maximum atomic E-state index is 11.4. The van der Waals surface area contributed by atoms with Gasteiger partial charge in [-0.3, -0.25) is 4.79 Å². The summed E-state index contributed by atoms with van der Waals surface area (Å²) in [5.74, 6) is 0.0471. The van der Waals surface area contributed by atoms with Gasteiger partial charge in [0, 0.05) is 12.6 Å².